The molecule has 128 valence electrons. The highest BCUT2D eigenvalue weighted by atomic mass is 35.5. The van der Waals surface area contributed by atoms with Crippen molar-refractivity contribution in [2.24, 2.45) is 11.8 Å². The third-order valence-electron chi connectivity index (χ3n) is 4.84. The molecule has 2 aliphatic rings. The lowest BCUT2D eigenvalue weighted by atomic mass is 9.91. The highest BCUT2D eigenvalue weighted by Crippen LogP contribution is 2.47. The lowest BCUT2D eigenvalue weighted by Gasteiger charge is -2.17. The smallest absolute Gasteiger partial charge is 0.167 e. The summed E-state index contributed by atoms with van der Waals surface area (Å²) in [7, 11) is 1.63. The van der Waals surface area contributed by atoms with Crippen LogP contribution in [-0.4, -0.2) is 40.4 Å². The van der Waals surface area contributed by atoms with E-state index in [1.807, 2.05) is 4.90 Å². The Labute approximate surface area is 144 Å². The van der Waals surface area contributed by atoms with Crippen molar-refractivity contribution in [3.05, 3.63) is 34.8 Å². The Kier molecular flexibility index (Phi) is 4.14. The first-order chi connectivity index (χ1) is 11.7. The average Bonchev–Trinajstić information content (AvgIpc) is 3.13. The summed E-state index contributed by atoms with van der Waals surface area (Å²) in [6.45, 7) is 1.84. The first-order valence-corrected chi connectivity index (χ1v) is 8.49. The van der Waals surface area contributed by atoms with Gasteiger partial charge in [0.2, 0.25) is 0 Å². The second kappa shape index (κ2) is 6.29. The van der Waals surface area contributed by atoms with Gasteiger partial charge in [-0.3, -0.25) is 5.10 Å². The number of nitrogens with one attached hydrogen (secondary N) is 1. The largest absolute Gasteiger partial charge is 0.377 e. The number of anilines is 1. The number of hydrogen-bond donors (Lipinski definition) is 1. The third kappa shape index (κ3) is 2.98. The van der Waals surface area contributed by atoms with E-state index in [4.69, 9.17) is 16.3 Å². The van der Waals surface area contributed by atoms with E-state index in [9.17, 15) is 4.39 Å². The normalized spacial score (nSPS) is 23.9. The van der Waals surface area contributed by atoms with Crippen LogP contribution in [0.25, 0.3) is 0 Å². The lowest BCUT2D eigenvalue weighted by molar-refractivity contribution is 0.178. The fourth-order valence-electron chi connectivity index (χ4n) is 3.59. The minimum absolute atomic E-state index is 0.177. The number of aromatic nitrogens is 4. The maximum Gasteiger partial charge on any atom is 0.167 e. The van der Waals surface area contributed by atoms with Crippen molar-refractivity contribution in [2.45, 2.75) is 25.4 Å². The standard InChI is InChI=1S/C16H19ClFN5O/c1-24-8-14-20-15(22-21-14)12-7-23(6-11(12)9-2-3-9)16-13(18)4-10(17)5-19-16/h4-5,9,11-12H,2-3,6-8H2,1H3,(H,20,21,22)/t11-,12+/m1/s1. The summed E-state index contributed by atoms with van der Waals surface area (Å²) in [5.74, 6) is 2.75. The van der Waals surface area contributed by atoms with Gasteiger partial charge in [-0.1, -0.05) is 11.6 Å². The lowest BCUT2D eigenvalue weighted by Crippen LogP contribution is -2.22. The molecule has 4 rings (SSSR count). The van der Waals surface area contributed by atoms with Gasteiger partial charge in [0.05, 0.1) is 5.02 Å². The molecule has 0 aromatic carbocycles. The van der Waals surface area contributed by atoms with Gasteiger partial charge in [-0.15, -0.1) is 0 Å². The molecule has 0 spiro atoms. The predicted molar refractivity (Wildman–Crippen MR) is 87.5 cm³/mol. The first kappa shape index (κ1) is 15.8. The SMILES string of the molecule is COCc1nc([C@H]2CN(c3ncc(Cl)cc3F)C[C@@H]2C2CC2)n[nH]1. The number of hydrogen-bond acceptors (Lipinski definition) is 5. The molecule has 0 unspecified atom stereocenters. The fourth-order valence-corrected chi connectivity index (χ4v) is 3.74. The zero-order chi connectivity index (χ0) is 16.7. The molecule has 1 saturated carbocycles. The molecule has 2 aromatic heterocycles. The monoisotopic (exact) mass is 351 g/mol. The van der Waals surface area contributed by atoms with Crippen LogP contribution in [0.1, 0.15) is 30.4 Å². The molecule has 2 fully saturated rings. The molecule has 24 heavy (non-hydrogen) atoms. The van der Waals surface area contributed by atoms with Gasteiger partial charge in [-0.25, -0.2) is 14.4 Å². The molecular weight excluding hydrogens is 333 g/mol. The van der Waals surface area contributed by atoms with E-state index in [1.165, 1.54) is 25.1 Å². The molecule has 8 heteroatoms. The van der Waals surface area contributed by atoms with E-state index < -0.39 is 0 Å². The number of pyridine rings is 1. The quantitative estimate of drug-likeness (QED) is 0.897. The zero-order valence-electron chi connectivity index (χ0n) is 13.4. The summed E-state index contributed by atoms with van der Waals surface area (Å²) in [5, 5.41) is 7.60. The van der Waals surface area contributed by atoms with E-state index in [0.29, 0.717) is 35.8 Å². The molecule has 1 N–H and O–H groups in total. The van der Waals surface area contributed by atoms with E-state index in [-0.39, 0.29) is 11.7 Å². The number of ether oxygens (including phenoxy) is 1. The molecule has 0 radical (unpaired) electrons. The maximum absolute atomic E-state index is 14.2. The molecule has 2 atom stereocenters. The van der Waals surface area contributed by atoms with Crippen LogP contribution >= 0.6 is 11.6 Å². The Morgan fingerprint density at radius 1 is 1.42 bits per heavy atom. The van der Waals surface area contributed by atoms with Crippen LogP contribution in [0.3, 0.4) is 0 Å². The van der Waals surface area contributed by atoms with Crippen molar-refractivity contribution in [3.8, 4) is 0 Å². The van der Waals surface area contributed by atoms with Gasteiger partial charge in [0, 0.05) is 32.3 Å². The summed E-state index contributed by atoms with van der Waals surface area (Å²) in [4.78, 5) is 10.7. The van der Waals surface area contributed by atoms with Gasteiger partial charge >= 0.3 is 0 Å². The summed E-state index contributed by atoms with van der Waals surface area (Å²) >= 11 is 5.81. The molecule has 1 aliphatic carbocycles. The highest BCUT2D eigenvalue weighted by molar-refractivity contribution is 6.30. The van der Waals surface area contributed by atoms with Gasteiger partial charge in [0.25, 0.3) is 0 Å². The Hall–Kier alpha value is -1.73. The average molecular weight is 352 g/mol. The minimum Gasteiger partial charge on any atom is -0.377 e. The van der Waals surface area contributed by atoms with Crippen LogP contribution in [0.15, 0.2) is 12.3 Å². The van der Waals surface area contributed by atoms with Crippen LogP contribution in [0.4, 0.5) is 10.2 Å². The number of methoxy groups -OCH3 is 1. The van der Waals surface area contributed by atoms with Crippen LogP contribution in [0.5, 0.6) is 0 Å². The Bertz CT molecular complexity index is 735. The first-order valence-electron chi connectivity index (χ1n) is 8.12. The molecular formula is C16H19ClFN5O. The molecule has 6 nitrogen and oxygen atoms in total. The van der Waals surface area contributed by atoms with Crippen molar-refractivity contribution in [1.29, 1.82) is 0 Å². The van der Waals surface area contributed by atoms with Crippen molar-refractivity contribution >= 4 is 17.4 Å². The van der Waals surface area contributed by atoms with Gasteiger partial charge in [0.1, 0.15) is 6.61 Å². The van der Waals surface area contributed by atoms with E-state index >= 15 is 0 Å². The molecule has 0 bridgehead atoms. The van der Waals surface area contributed by atoms with Crippen LogP contribution in [0.2, 0.25) is 5.02 Å². The van der Waals surface area contributed by atoms with E-state index in [1.54, 1.807) is 7.11 Å². The van der Waals surface area contributed by atoms with Gasteiger partial charge < -0.3 is 9.64 Å². The summed E-state index contributed by atoms with van der Waals surface area (Å²) < 4.78 is 19.3. The van der Waals surface area contributed by atoms with E-state index in [2.05, 4.69) is 20.2 Å². The minimum atomic E-state index is -0.382. The number of nitrogens with zero attached hydrogens (tertiary/aromatic N) is 4. The number of rotatable bonds is 5. The van der Waals surface area contributed by atoms with Crippen LogP contribution in [0, 0.1) is 17.7 Å². The molecule has 0 amide bonds. The molecule has 1 saturated heterocycles. The summed E-state index contributed by atoms with van der Waals surface area (Å²) in [6.07, 6.45) is 3.94. The van der Waals surface area contributed by atoms with Crippen LogP contribution < -0.4 is 4.90 Å². The Morgan fingerprint density at radius 2 is 2.25 bits per heavy atom. The molecule has 1 aliphatic heterocycles. The second-order valence-corrected chi connectivity index (χ2v) is 6.98. The number of halogens is 2. The van der Waals surface area contributed by atoms with E-state index in [0.717, 1.165) is 18.2 Å². The number of H-pyrrole nitrogens is 1. The fraction of sp³-hybridized carbons (Fsp3) is 0.562. The highest BCUT2D eigenvalue weighted by Gasteiger charge is 2.45. The van der Waals surface area contributed by atoms with Gasteiger partial charge in [-0.05, 0) is 30.7 Å². The molecule has 2 aromatic rings. The summed E-state index contributed by atoms with van der Waals surface area (Å²) in [5.41, 5.74) is 0. The predicted octanol–water partition coefficient (Wildman–Crippen LogP) is 2.77. The van der Waals surface area contributed by atoms with Gasteiger partial charge in [-0.2, -0.15) is 5.10 Å². The molecule has 3 heterocycles. The van der Waals surface area contributed by atoms with Crippen LogP contribution in [-0.2, 0) is 11.3 Å². The van der Waals surface area contributed by atoms with Crippen molar-refractivity contribution in [3.63, 3.8) is 0 Å². The van der Waals surface area contributed by atoms with Crippen molar-refractivity contribution in [2.75, 3.05) is 25.1 Å². The second-order valence-electron chi connectivity index (χ2n) is 6.55. The maximum atomic E-state index is 14.2. The Balaban J connectivity index is 1.59. The number of aromatic amines is 1. The Morgan fingerprint density at radius 3 is 2.96 bits per heavy atom. The van der Waals surface area contributed by atoms with Crippen molar-refractivity contribution in [1.82, 2.24) is 20.2 Å². The summed E-state index contributed by atoms with van der Waals surface area (Å²) in [6, 6.07) is 1.31. The van der Waals surface area contributed by atoms with Crippen molar-refractivity contribution < 1.29 is 9.13 Å². The zero-order valence-corrected chi connectivity index (χ0v) is 14.1. The van der Waals surface area contributed by atoms with Gasteiger partial charge in [0.15, 0.2) is 23.3 Å². The third-order valence-corrected chi connectivity index (χ3v) is 5.05. The topological polar surface area (TPSA) is 66.9 Å².